The highest BCUT2D eigenvalue weighted by Gasteiger charge is 2.07. The van der Waals surface area contributed by atoms with Crippen LogP contribution in [0, 0.1) is 6.92 Å². The average molecular weight is 254 g/mol. The van der Waals surface area contributed by atoms with E-state index in [1.807, 2.05) is 0 Å². The molecule has 0 spiro atoms. The minimum atomic E-state index is 1.14. The van der Waals surface area contributed by atoms with Gasteiger partial charge in [0.25, 0.3) is 0 Å². The average Bonchev–Trinajstić information content (AvgIpc) is 2.34. The summed E-state index contributed by atoms with van der Waals surface area (Å²) in [6.45, 7) is 2.24. The van der Waals surface area contributed by atoms with Crippen LogP contribution in [0.2, 0.25) is 0 Å². The number of hydrogen-bond acceptors (Lipinski definition) is 0. The van der Waals surface area contributed by atoms with E-state index in [4.69, 9.17) is 0 Å². The summed E-state index contributed by atoms with van der Waals surface area (Å²) in [5.41, 5.74) is 7.33. The highest BCUT2D eigenvalue weighted by Crippen LogP contribution is 2.18. The Kier molecular flexibility index (Phi) is 3.22. The van der Waals surface area contributed by atoms with E-state index in [0.29, 0.717) is 0 Å². The van der Waals surface area contributed by atoms with Crippen molar-refractivity contribution >= 4 is 14.5 Å². The monoisotopic (exact) mass is 254 g/mol. The summed E-state index contributed by atoms with van der Waals surface area (Å²) in [4.78, 5) is 0. The van der Waals surface area contributed by atoms with Gasteiger partial charge in [0.05, 0.1) is 0 Å². The van der Waals surface area contributed by atoms with Gasteiger partial charge < -0.3 is 0 Å². The second-order valence-electron chi connectivity index (χ2n) is 5.29. The molecule has 4 aliphatic carbocycles. The fraction of sp³-hybridized carbons (Fsp3) is 0.294. The molecule has 92 valence electrons. The summed E-state index contributed by atoms with van der Waals surface area (Å²) in [5, 5.41) is 1.37. The molecule has 2 aromatic carbocycles. The number of aryl methyl sites for hydroxylation is 5. The predicted octanol–water partition coefficient (Wildman–Crippen LogP) is 3.38. The molecule has 2 aromatic rings. The molecule has 0 saturated heterocycles. The van der Waals surface area contributed by atoms with Crippen molar-refractivity contribution in [1.29, 1.82) is 0 Å². The smallest absolute Gasteiger partial charge is 0.0232 e. The lowest BCUT2D eigenvalue weighted by Crippen LogP contribution is -2.07. The van der Waals surface area contributed by atoms with E-state index in [-0.39, 0.29) is 0 Å². The van der Waals surface area contributed by atoms with Gasteiger partial charge in [-0.1, -0.05) is 36.4 Å². The van der Waals surface area contributed by atoms with Crippen molar-refractivity contribution in [3.05, 3.63) is 64.2 Å². The minimum Gasteiger partial charge on any atom is -0.105 e. The van der Waals surface area contributed by atoms with Gasteiger partial charge in [-0.05, 0) is 65.7 Å². The van der Waals surface area contributed by atoms with Crippen molar-refractivity contribution in [1.82, 2.24) is 0 Å². The largest absolute Gasteiger partial charge is 0.105 e. The van der Waals surface area contributed by atoms with Crippen LogP contribution in [0.3, 0.4) is 0 Å². The Morgan fingerprint density at radius 2 is 1.39 bits per heavy atom. The molecule has 18 heavy (non-hydrogen) atoms. The van der Waals surface area contributed by atoms with Crippen LogP contribution in [0.15, 0.2) is 36.4 Å². The summed E-state index contributed by atoms with van der Waals surface area (Å²) in [5.74, 6) is 0. The highest BCUT2D eigenvalue weighted by atomic mass is 31.0. The number of rotatable bonds is 0. The van der Waals surface area contributed by atoms with E-state index >= 15 is 0 Å². The normalized spacial score (nSPS) is 14.3. The molecule has 1 atom stereocenters. The first-order chi connectivity index (χ1) is 8.72. The maximum Gasteiger partial charge on any atom is -0.0232 e. The van der Waals surface area contributed by atoms with Crippen LogP contribution in [-0.4, -0.2) is 0 Å². The second-order valence-corrected chi connectivity index (χ2v) is 5.92. The minimum absolute atomic E-state index is 1.14. The van der Waals surface area contributed by atoms with E-state index in [2.05, 4.69) is 52.6 Å². The molecule has 0 heterocycles. The molecule has 0 amide bonds. The SMILES string of the molecule is Cc1cc2ccc1CCc1ccc(c(P)c1)CC2. The van der Waals surface area contributed by atoms with Crippen LogP contribution in [0.5, 0.6) is 0 Å². The zero-order chi connectivity index (χ0) is 12.5. The molecule has 4 aliphatic rings. The van der Waals surface area contributed by atoms with Crippen molar-refractivity contribution in [2.24, 2.45) is 0 Å². The van der Waals surface area contributed by atoms with E-state index in [0.717, 1.165) is 25.7 Å². The Morgan fingerprint density at radius 3 is 2.06 bits per heavy atom. The highest BCUT2D eigenvalue weighted by molar-refractivity contribution is 7.27. The molecule has 0 saturated carbocycles. The van der Waals surface area contributed by atoms with Crippen molar-refractivity contribution < 1.29 is 0 Å². The third-order valence-electron chi connectivity index (χ3n) is 3.98. The first-order valence-corrected chi connectivity index (χ1v) is 7.26. The van der Waals surface area contributed by atoms with Gasteiger partial charge in [0, 0.05) is 0 Å². The van der Waals surface area contributed by atoms with Gasteiger partial charge >= 0.3 is 0 Å². The Hall–Kier alpha value is -1.13. The van der Waals surface area contributed by atoms with Gasteiger partial charge in [-0.25, -0.2) is 0 Å². The summed E-state index contributed by atoms with van der Waals surface area (Å²) < 4.78 is 0. The second kappa shape index (κ2) is 4.86. The summed E-state index contributed by atoms with van der Waals surface area (Å²) in [6, 6.07) is 13.9. The van der Waals surface area contributed by atoms with Gasteiger partial charge in [-0.2, -0.15) is 0 Å². The van der Waals surface area contributed by atoms with Crippen LogP contribution in [0.4, 0.5) is 0 Å². The van der Waals surface area contributed by atoms with Crippen molar-refractivity contribution in [3.63, 3.8) is 0 Å². The molecule has 0 aliphatic heterocycles. The van der Waals surface area contributed by atoms with Crippen LogP contribution in [-0.2, 0) is 25.7 Å². The zero-order valence-corrected chi connectivity index (χ0v) is 12.0. The molecule has 0 aromatic heterocycles. The van der Waals surface area contributed by atoms with Gasteiger partial charge in [-0.3, -0.25) is 0 Å². The molecule has 0 N–H and O–H groups in total. The Labute approximate surface area is 112 Å². The maximum absolute atomic E-state index is 2.89. The third kappa shape index (κ3) is 2.35. The first-order valence-electron chi connectivity index (χ1n) is 6.68. The van der Waals surface area contributed by atoms with E-state index in [1.165, 1.54) is 33.1 Å². The molecule has 0 nitrogen and oxygen atoms in total. The lowest BCUT2D eigenvalue weighted by atomic mass is 9.94. The van der Waals surface area contributed by atoms with Gasteiger partial charge in [0.2, 0.25) is 0 Å². The van der Waals surface area contributed by atoms with E-state index < -0.39 is 0 Å². The topological polar surface area (TPSA) is 0 Å². The molecule has 6 rings (SSSR count). The molecule has 4 bridgehead atoms. The quantitative estimate of drug-likeness (QED) is 0.632. The molecular weight excluding hydrogens is 235 g/mol. The van der Waals surface area contributed by atoms with Crippen molar-refractivity contribution in [3.8, 4) is 0 Å². The summed E-state index contributed by atoms with van der Waals surface area (Å²) in [7, 11) is 2.89. The molecule has 0 radical (unpaired) electrons. The van der Waals surface area contributed by atoms with Crippen molar-refractivity contribution in [2.75, 3.05) is 0 Å². The van der Waals surface area contributed by atoms with Crippen molar-refractivity contribution in [2.45, 2.75) is 32.6 Å². The Balaban J connectivity index is 2.03. The summed E-state index contributed by atoms with van der Waals surface area (Å²) in [6.07, 6.45) is 4.57. The zero-order valence-electron chi connectivity index (χ0n) is 10.9. The van der Waals surface area contributed by atoms with Gasteiger partial charge in [-0.15, -0.1) is 9.24 Å². The Morgan fingerprint density at radius 1 is 0.778 bits per heavy atom. The molecule has 1 heteroatoms. The van der Waals surface area contributed by atoms with Crippen LogP contribution in [0.25, 0.3) is 0 Å². The van der Waals surface area contributed by atoms with Gasteiger partial charge in [0.1, 0.15) is 0 Å². The van der Waals surface area contributed by atoms with Gasteiger partial charge in [0.15, 0.2) is 0 Å². The standard InChI is InChI=1S/C17H19P/c1-12-10-13-2-6-15(12)7-3-14-5-9-16(8-4-13)17(18)11-14/h2,5-6,9-11H,3-4,7-8,18H2,1H3. The molecule has 0 fully saturated rings. The lowest BCUT2D eigenvalue weighted by molar-refractivity contribution is 0.917. The van der Waals surface area contributed by atoms with E-state index in [9.17, 15) is 0 Å². The maximum atomic E-state index is 2.89. The van der Waals surface area contributed by atoms with Crippen LogP contribution < -0.4 is 5.30 Å². The number of benzene rings is 2. The Bertz CT molecular complexity index is 531. The molecule has 1 unspecified atom stereocenters. The van der Waals surface area contributed by atoms with Crippen LogP contribution in [0.1, 0.15) is 27.8 Å². The lowest BCUT2D eigenvalue weighted by Gasteiger charge is -2.13. The van der Waals surface area contributed by atoms with E-state index in [1.54, 1.807) is 0 Å². The fourth-order valence-electron chi connectivity index (χ4n) is 2.78. The molecular formula is C17H19P. The number of hydrogen-bond donors (Lipinski definition) is 0. The predicted molar refractivity (Wildman–Crippen MR) is 81.8 cm³/mol. The third-order valence-corrected chi connectivity index (χ3v) is 4.52. The first kappa shape index (κ1) is 11.9. The summed E-state index contributed by atoms with van der Waals surface area (Å²) >= 11 is 0. The van der Waals surface area contributed by atoms with Crippen LogP contribution >= 0.6 is 9.24 Å². The fourth-order valence-corrected chi connectivity index (χ4v) is 3.23.